The molecule has 0 unspecified atom stereocenters. The minimum atomic E-state index is -2.97. The van der Waals surface area contributed by atoms with Crippen molar-refractivity contribution in [2.45, 2.75) is 6.61 Å². The number of rotatable bonds is 4. The Morgan fingerprint density at radius 3 is 2.83 bits per heavy atom. The number of alkyl halides is 2. The van der Waals surface area contributed by atoms with Gasteiger partial charge in [-0.2, -0.15) is 8.78 Å². The fourth-order valence-corrected chi connectivity index (χ4v) is 2.82. The zero-order valence-electron chi connectivity index (χ0n) is 11.4. The SMILES string of the molecule is O=C(Nc1nc2ccc(F)cc2s1)c1cccc(OC(F)F)c1. The number of hydrogen-bond acceptors (Lipinski definition) is 4. The lowest BCUT2D eigenvalue weighted by Gasteiger charge is -2.06. The fourth-order valence-electron chi connectivity index (χ4n) is 1.93. The van der Waals surface area contributed by atoms with Crippen molar-refractivity contribution in [3.63, 3.8) is 0 Å². The van der Waals surface area contributed by atoms with Crippen molar-refractivity contribution in [2.24, 2.45) is 0 Å². The van der Waals surface area contributed by atoms with Crippen molar-refractivity contribution in [2.75, 3.05) is 5.32 Å². The minimum Gasteiger partial charge on any atom is -0.435 e. The first-order valence-corrected chi connectivity index (χ1v) is 7.25. The third kappa shape index (κ3) is 3.59. The molecular weight excluding hydrogens is 329 g/mol. The molecule has 2 aromatic carbocycles. The van der Waals surface area contributed by atoms with Gasteiger partial charge < -0.3 is 4.74 Å². The number of halogens is 3. The molecule has 0 saturated carbocycles. The Kier molecular flexibility index (Phi) is 4.16. The smallest absolute Gasteiger partial charge is 0.387 e. The number of fused-ring (bicyclic) bond motifs is 1. The highest BCUT2D eigenvalue weighted by Gasteiger charge is 2.12. The van der Waals surface area contributed by atoms with Gasteiger partial charge in [-0.15, -0.1) is 0 Å². The maximum absolute atomic E-state index is 13.1. The second-order valence-electron chi connectivity index (χ2n) is 4.49. The lowest BCUT2D eigenvalue weighted by molar-refractivity contribution is -0.0498. The summed E-state index contributed by atoms with van der Waals surface area (Å²) in [7, 11) is 0. The second kappa shape index (κ2) is 6.25. The van der Waals surface area contributed by atoms with Crippen LogP contribution in [-0.4, -0.2) is 17.5 Å². The van der Waals surface area contributed by atoms with Gasteiger partial charge in [-0.05, 0) is 36.4 Å². The van der Waals surface area contributed by atoms with E-state index in [4.69, 9.17) is 0 Å². The predicted octanol–water partition coefficient (Wildman–Crippen LogP) is 4.29. The zero-order chi connectivity index (χ0) is 16.4. The summed E-state index contributed by atoms with van der Waals surface area (Å²) in [5.41, 5.74) is 0.704. The van der Waals surface area contributed by atoms with Crippen LogP contribution >= 0.6 is 11.3 Å². The summed E-state index contributed by atoms with van der Waals surface area (Å²) >= 11 is 1.11. The molecule has 3 aromatic rings. The van der Waals surface area contributed by atoms with E-state index in [9.17, 15) is 18.0 Å². The van der Waals surface area contributed by atoms with Gasteiger partial charge in [0.25, 0.3) is 5.91 Å². The summed E-state index contributed by atoms with van der Waals surface area (Å²) in [6, 6.07) is 9.52. The van der Waals surface area contributed by atoms with Crippen molar-refractivity contribution >= 4 is 32.6 Å². The van der Waals surface area contributed by atoms with Crippen LogP contribution in [0.25, 0.3) is 10.2 Å². The fraction of sp³-hybridized carbons (Fsp3) is 0.0667. The van der Waals surface area contributed by atoms with E-state index in [1.807, 2.05) is 0 Å². The van der Waals surface area contributed by atoms with Gasteiger partial charge in [0, 0.05) is 5.56 Å². The van der Waals surface area contributed by atoms with Gasteiger partial charge in [-0.1, -0.05) is 17.4 Å². The zero-order valence-corrected chi connectivity index (χ0v) is 12.2. The lowest BCUT2D eigenvalue weighted by Crippen LogP contribution is -2.12. The number of carbonyl (C=O) groups excluding carboxylic acids is 1. The first-order chi connectivity index (χ1) is 11.0. The second-order valence-corrected chi connectivity index (χ2v) is 5.52. The number of nitrogens with one attached hydrogen (secondary N) is 1. The molecule has 0 aliphatic carbocycles. The molecule has 4 nitrogen and oxygen atoms in total. The molecule has 0 bridgehead atoms. The third-order valence-corrected chi connectivity index (χ3v) is 3.83. The van der Waals surface area contributed by atoms with E-state index in [1.165, 1.54) is 42.5 Å². The Hall–Kier alpha value is -2.61. The van der Waals surface area contributed by atoms with Gasteiger partial charge in [0.2, 0.25) is 0 Å². The van der Waals surface area contributed by atoms with Gasteiger partial charge in [0.15, 0.2) is 5.13 Å². The van der Waals surface area contributed by atoms with Crippen LogP contribution in [0.15, 0.2) is 42.5 Å². The van der Waals surface area contributed by atoms with E-state index in [0.717, 1.165) is 11.3 Å². The van der Waals surface area contributed by atoms with Crippen molar-refractivity contribution < 1.29 is 22.7 Å². The van der Waals surface area contributed by atoms with E-state index in [-0.39, 0.29) is 16.4 Å². The molecule has 0 fully saturated rings. The number of nitrogens with zero attached hydrogens (tertiary/aromatic N) is 1. The molecule has 0 spiro atoms. The Bertz CT molecular complexity index is 867. The molecule has 8 heteroatoms. The van der Waals surface area contributed by atoms with E-state index in [1.54, 1.807) is 0 Å². The van der Waals surface area contributed by atoms with Crippen LogP contribution < -0.4 is 10.1 Å². The summed E-state index contributed by atoms with van der Waals surface area (Å²) in [6.07, 6.45) is 0. The van der Waals surface area contributed by atoms with Gasteiger partial charge in [0.05, 0.1) is 10.2 Å². The summed E-state index contributed by atoms with van der Waals surface area (Å²) in [6.45, 7) is -2.97. The van der Waals surface area contributed by atoms with E-state index >= 15 is 0 Å². The average Bonchev–Trinajstić information content (AvgIpc) is 2.88. The standard InChI is InChI=1S/C15H9F3N2O2S/c16-9-4-5-11-12(7-9)23-15(19-11)20-13(21)8-2-1-3-10(6-8)22-14(17)18/h1-7,14H,(H,19,20,21). The van der Waals surface area contributed by atoms with Crippen LogP contribution in [0.2, 0.25) is 0 Å². The summed E-state index contributed by atoms with van der Waals surface area (Å²) in [4.78, 5) is 16.3. The van der Waals surface area contributed by atoms with Crippen LogP contribution in [0.1, 0.15) is 10.4 Å². The monoisotopic (exact) mass is 338 g/mol. The Labute approximate surface area is 132 Å². The van der Waals surface area contributed by atoms with Crippen molar-refractivity contribution in [3.05, 3.63) is 53.8 Å². The number of carbonyl (C=O) groups is 1. The Morgan fingerprint density at radius 2 is 2.04 bits per heavy atom. The highest BCUT2D eigenvalue weighted by molar-refractivity contribution is 7.22. The molecule has 3 rings (SSSR count). The van der Waals surface area contributed by atoms with E-state index < -0.39 is 18.3 Å². The first-order valence-electron chi connectivity index (χ1n) is 6.43. The quantitative estimate of drug-likeness (QED) is 0.772. The summed E-state index contributed by atoms with van der Waals surface area (Å²) < 4.78 is 42.4. The summed E-state index contributed by atoms with van der Waals surface area (Å²) in [5.74, 6) is -1.03. The third-order valence-electron chi connectivity index (χ3n) is 2.89. The van der Waals surface area contributed by atoms with Gasteiger partial charge in [0.1, 0.15) is 11.6 Å². The molecule has 1 aromatic heterocycles. The molecular formula is C15H9F3N2O2S. The number of thiazole rings is 1. The predicted molar refractivity (Wildman–Crippen MR) is 80.6 cm³/mol. The molecule has 0 aliphatic heterocycles. The van der Waals surface area contributed by atoms with Gasteiger partial charge in [-0.3, -0.25) is 10.1 Å². The van der Waals surface area contributed by atoms with E-state index in [2.05, 4.69) is 15.0 Å². The van der Waals surface area contributed by atoms with Crippen LogP contribution in [-0.2, 0) is 0 Å². The Morgan fingerprint density at radius 1 is 1.22 bits per heavy atom. The van der Waals surface area contributed by atoms with Crippen LogP contribution in [0.3, 0.4) is 0 Å². The summed E-state index contributed by atoms with van der Waals surface area (Å²) in [5, 5.41) is 2.84. The minimum absolute atomic E-state index is 0.112. The van der Waals surface area contributed by atoms with Crippen molar-refractivity contribution in [3.8, 4) is 5.75 Å². The normalized spacial score (nSPS) is 11.0. The number of anilines is 1. The highest BCUT2D eigenvalue weighted by atomic mass is 32.1. The molecule has 0 saturated heterocycles. The molecule has 0 aliphatic rings. The van der Waals surface area contributed by atoms with Crippen molar-refractivity contribution in [1.82, 2.24) is 4.98 Å². The average molecular weight is 338 g/mol. The number of ether oxygens (including phenoxy) is 1. The van der Waals surface area contributed by atoms with Crippen LogP contribution in [0.4, 0.5) is 18.3 Å². The van der Waals surface area contributed by atoms with Crippen LogP contribution in [0.5, 0.6) is 5.75 Å². The number of amides is 1. The van der Waals surface area contributed by atoms with Crippen LogP contribution in [0, 0.1) is 5.82 Å². The number of aromatic nitrogens is 1. The first kappa shape index (κ1) is 15.3. The Balaban J connectivity index is 1.80. The molecule has 0 radical (unpaired) electrons. The molecule has 1 amide bonds. The number of benzene rings is 2. The van der Waals surface area contributed by atoms with E-state index in [0.29, 0.717) is 10.2 Å². The maximum Gasteiger partial charge on any atom is 0.387 e. The maximum atomic E-state index is 13.1. The number of hydrogen-bond donors (Lipinski definition) is 1. The lowest BCUT2D eigenvalue weighted by atomic mass is 10.2. The molecule has 23 heavy (non-hydrogen) atoms. The molecule has 1 heterocycles. The molecule has 0 atom stereocenters. The molecule has 118 valence electrons. The van der Waals surface area contributed by atoms with Crippen molar-refractivity contribution in [1.29, 1.82) is 0 Å². The van der Waals surface area contributed by atoms with Gasteiger partial charge in [-0.25, -0.2) is 9.37 Å². The largest absolute Gasteiger partial charge is 0.435 e. The topological polar surface area (TPSA) is 51.2 Å². The molecule has 1 N–H and O–H groups in total. The van der Waals surface area contributed by atoms with Gasteiger partial charge >= 0.3 is 6.61 Å². The highest BCUT2D eigenvalue weighted by Crippen LogP contribution is 2.27.